The second-order valence-electron chi connectivity index (χ2n) is 5.07. The predicted molar refractivity (Wildman–Crippen MR) is 83.0 cm³/mol. The zero-order chi connectivity index (χ0) is 15.0. The summed E-state index contributed by atoms with van der Waals surface area (Å²) in [5, 5.41) is 2.97. The minimum absolute atomic E-state index is 0.0752. The van der Waals surface area contributed by atoms with Crippen LogP contribution in [0.1, 0.15) is 29.1 Å². The maximum absolute atomic E-state index is 14.1. The molecular formula is C16H16FN3S. The van der Waals surface area contributed by atoms with Crippen LogP contribution in [-0.4, -0.2) is 14.5 Å². The van der Waals surface area contributed by atoms with Gasteiger partial charge in [0, 0.05) is 29.5 Å². The normalized spacial score (nSPS) is 12.6. The molecule has 1 atom stereocenters. The van der Waals surface area contributed by atoms with Gasteiger partial charge in [-0.3, -0.25) is 0 Å². The first kappa shape index (κ1) is 13.9. The summed E-state index contributed by atoms with van der Waals surface area (Å²) in [4.78, 5) is 8.78. The van der Waals surface area contributed by atoms with Crippen LogP contribution >= 0.6 is 11.3 Å². The Morgan fingerprint density at radius 2 is 2.00 bits per heavy atom. The van der Waals surface area contributed by atoms with Gasteiger partial charge < -0.3 is 4.57 Å². The van der Waals surface area contributed by atoms with Crippen molar-refractivity contribution < 1.29 is 4.39 Å². The molecule has 0 aliphatic rings. The van der Waals surface area contributed by atoms with E-state index >= 15 is 0 Å². The van der Waals surface area contributed by atoms with Gasteiger partial charge in [-0.15, -0.1) is 11.3 Å². The number of aryl methyl sites for hydroxylation is 1. The predicted octanol–water partition coefficient (Wildman–Crippen LogP) is 4.37. The molecule has 0 bridgehead atoms. The number of aromatic nitrogens is 3. The van der Waals surface area contributed by atoms with E-state index in [1.807, 2.05) is 22.2 Å². The van der Waals surface area contributed by atoms with E-state index in [0.717, 1.165) is 16.4 Å². The number of hydrogen-bond acceptors (Lipinski definition) is 3. The van der Waals surface area contributed by atoms with Crippen molar-refractivity contribution in [3.63, 3.8) is 0 Å². The summed E-state index contributed by atoms with van der Waals surface area (Å²) in [5.74, 6) is 0.609. The fourth-order valence-electron chi connectivity index (χ4n) is 2.46. The molecule has 3 nitrogen and oxygen atoms in total. The standard InChI is InChI=1S/C16H16FN3S/c1-10-4-5-13(11(2)14(10)17)15-18-6-8-20(15)12(3)16-19-7-9-21-16/h4-9,12H,1-3H3/t12-/m0/s1. The van der Waals surface area contributed by atoms with Crippen LogP contribution in [0.2, 0.25) is 0 Å². The average Bonchev–Trinajstić information content (AvgIpc) is 3.15. The van der Waals surface area contributed by atoms with Crippen molar-refractivity contribution in [2.45, 2.75) is 26.8 Å². The van der Waals surface area contributed by atoms with E-state index < -0.39 is 0 Å². The van der Waals surface area contributed by atoms with Crippen LogP contribution in [0.3, 0.4) is 0 Å². The van der Waals surface area contributed by atoms with Crippen LogP contribution in [0, 0.1) is 19.7 Å². The average molecular weight is 301 g/mol. The van der Waals surface area contributed by atoms with Gasteiger partial charge in [0.05, 0.1) is 6.04 Å². The lowest BCUT2D eigenvalue weighted by molar-refractivity contribution is 0.607. The largest absolute Gasteiger partial charge is 0.321 e. The lowest BCUT2D eigenvalue weighted by Crippen LogP contribution is -2.08. The van der Waals surface area contributed by atoms with Gasteiger partial charge in [0.25, 0.3) is 0 Å². The molecule has 0 spiro atoms. The van der Waals surface area contributed by atoms with Crippen LogP contribution in [0.15, 0.2) is 36.1 Å². The van der Waals surface area contributed by atoms with Crippen LogP contribution < -0.4 is 0 Å². The first-order chi connectivity index (χ1) is 10.1. The van der Waals surface area contributed by atoms with Crippen molar-refractivity contribution in [1.82, 2.24) is 14.5 Å². The van der Waals surface area contributed by atoms with Gasteiger partial charge in [-0.25, -0.2) is 14.4 Å². The van der Waals surface area contributed by atoms with Crippen molar-refractivity contribution in [2.75, 3.05) is 0 Å². The molecule has 0 aliphatic heterocycles. The summed E-state index contributed by atoms with van der Waals surface area (Å²) in [5.41, 5.74) is 2.11. The summed E-state index contributed by atoms with van der Waals surface area (Å²) in [7, 11) is 0. The van der Waals surface area contributed by atoms with Crippen molar-refractivity contribution in [3.8, 4) is 11.4 Å². The molecule has 108 valence electrons. The van der Waals surface area contributed by atoms with Gasteiger partial charge in [-0.1, -0.05) is 12.1 Å². The highest BCUT2D eigenvalue weighted by Gasteiger charge is 2.18. The van der Waals surface area contributed by atoms with Crippen LogP contribution in [0.25, 0.3) is 11.4 Å². The van der Waals surface area contributed by atoms with Crippen LogP contribution in [0.4, 0.5) is 4.39 Å². The van der Waals surface area contributed by atoms with E-state index in [0.29, 0.717) is 11.1 Å². The molecule has 0 radical (unpaired) electrons. The number of thiazole rings is 1. The molecule has 0 aliphatic carbocycles. The Balaban J connectivity index is 2.10. The molecule has 0 fully saturated rings. The van der Waals surface area contributed by atoms with Crippen LogP contribution in [-0.2, 0) is 0 Å². The Hall–Kier alpha value is -2.01. The Morgan fingerprint density at radius 3 is 2.71 bits per heavy atom. The fraction of sp³-hybridized carbons (Fsp3) is 0.250. The highest BCUT2D eigenvalue weighted by molar-refractivity contribution is 7.09. The summed E-state index contributed by atoms with van der Waals surface area (Å²) in [6, 6.07) is 3.80. The van der Waals surface area contributed by atoms with E-state index in [-0.39, 0.29) is 11.9 Å². The molecule has 0 N–H and O–H groups in total. The molecule has 2 aromatic heterocycles. The second kappa shape index (κ2) is 5.41. The maximum Gasteiger partial charge on any atom is 0.140 e. The fourth-order valence-corrected chi connectivity index (χ4v) is 3.15. The van der Waals surface area contributed by atoms with Crippen molar-refractivity contribution in [1.29, 1.82) is 0 Å². The van der Waals surface area contributed by atoms with E-state index in [2.05, 4.69) is 16.9 Å². The molecular weight excluding hydrogens is 285 g/mol. The number of hydrogen-bond donors (Lipinski definition) is 0. The van der Waals surface area contributed by atoms with Crippen molar-refractivity contribution in [3.05, 3.63) is 58.1 Å². The number of rotatable bonds is 3. The maximum atomic E-state index is 14.1. The SMILES string of the molecule is Cc1ccc(-c2nccn2[C@@H](C)c2nccs2)c(C)c1F. The molecule has 1 aromatic carbocycles. The van der Waals surface area contributed by atoms with Gasteiger partial charge >= 0.3 is 0 Å². The highest BCUT2D eigenvalue weighted by atomic mass is 32.1. The molecule has 0 saturated carbocycles. The first-order valence-electron chi connectivity index (χ1n) is 6.78. The lowest BCUT2D eigenvalue weighted by Gasteiger charge is -2.16. The molecule has 0 unspecified atom stereocenters. The molecule has 5 heteroatoms. The molecule has 0 amide bonds. The van der Waals surface area contributed by atoms with E-state index in [4.69, 9.17) is 0 Å². The Kier molecular flexibility index (Phi) is 3.59. The minimum atomic E-state index is -0.163. The van der Waals surface area contributed by atoms with Crippen molar-refractivity contribution >= 4 is 11.3 Å². The Labute approximate surface area is 127 Å². The molecule has 3 aromatic rings. The zero-order valence-electron chi connectivity index (χ0n) is 12.2. The summed E-state index contributed by atoms with van der Waals surface area (Å²) in [6.45, 7) is 5.64. The zero-order valence-corrected chi connectivity index (χ0v) is 13.0. The van der Waals surface area contributed by atoms with E-state index in [1.165, 1.54) is 0 Å². The van der Waals surface area contributed by atoms with Crippen molar-refractivity contribution in [2.24, 2.45) is 0 Å². The Bertz CT molecular complexity index is 762. The quantitative estimate of drug-likeness (QED) is 0.719. The van der Waals surface area contributed by atoms with Gasteiger partial charge in [0.1, 0.15) is 16.6 Å². The number of benzene rings is 1. The minimum Gasteiger partial charge on any atom is -0.321 e. The number of imidazole rings is 1. The third-order valence-corrected chi connectivity index (χ3v) is 4.66. The van der Waals surface area contributed by atoms with Gasteiger partial charge in [-0.2, -0.15) is 0 Å². The molecule has 3 rings (SSSR count). The smallest absolute Gasteiger partial charge is 0.140 e. The van der Waals surface area contributed by atoms with Crippen LogP contribution in [0.5, 0.6) is 0 Å². The Morgan fingerprint density at radius 1 is 1.19 bits per heavy atom. The summed E-state index contributed by atoms with van der Waals surface area (Å²) < 4.78 is 16.2. The van der Waals surface area contributed by atoms with Gasteiger partial charge in [0.2, 0.25) is 0 Å². The summed E-state index contributed by atoms with van der Waals surface area (Å²) >= 11 is 1.61. The number of nitrogens with zero attached hydrogens (tertiary/aromatic N) is 3. The highest BCUT2D eigenvalue weighted by Crippen LogP contribution is 2.30. The van der Waals surface area contributed by atoms with Gasteiger partial charge in [-0.05, 0) is 31.9 Å². The monoisotopic (exact) mass is 301 g/mol. The molecule has 21 heavy (non-hydrogen) atoms. The van der Waals surface area contributed by atoms with E-state index in [9.17, 15) is 4.39 Å². The third-order valence-electron chi connectivity index (χ3n) is 3.72. The third kappa shape index (κ3) is 2.38. The first-order valence-corrected chi connectivity index (χ1v) is 7.66. The van der Waals surface area contributed by atoms with E-state index in [1.54, 1.807) is 43.6 Å². The molecule has 2 heterocycles. The lowest BCUT2D eigenvalue weighted by atomic mass is 10.0. The number of halogens is 1. The summed E-state index contributed by atoms with van der Waals surface area (Å²) in [6.07, 6.45) is 5.46. The molecule has 0 saturated heterocycles. The van der Waals surface area contributed by atoms with Gasteiger partial charge in [0.15, 0.2) is 0 Å². The second-order valence-corrected chi connectivity index (χ2v) is 6.00. The topological polar surface area (TPSA) is 30.7 Å².